The maximum absolute atomic E-state index is 13.7. The molecule has 3 N–H and O–H groups in total. The Labute approximate surface area is 233 Å². The van der Waals surface area contributed by atoms with E-state index >= 15 is 0 Å². The maximum atomic E-state index is 13.7. The summed E-state index contributed by atoms with van der Waals surface area (Å²) in [6.45, 7) is 10.1. The molecule has 212 valence electrons. The van der Waals surface area contributed by atoms with Crippen LogP contribution in [-0.2, 0) is 20.8 Å². The Kier molecular flexibility index (Phi) is 11.4. The van der Waals surface area contributed by atoms with Gasteiger partial charge in [-0.15, -0.1) is 0 Å². The van der Waals surface area contributed by atoms with Crippen molar-refractivity contribution in [3.8, 4) is 0 Å². The second-order valence-corrected chi connectivity index (χ2v) is 12.2. The Morgan fingerprint density at radius 2 is 1.63 bits per heavy atom. The molecule has 1 atom stereocenters. The molecule has 1 heterocycles. The fourth-order valence-corrected chi connectivity index (χ4v) is 5.79. The lowest BCUT2D eigenvalue weighted by molar-refractivity contribution is -0.147. The molecule has 0 radical (unpaired) electrons. The molecule has 1 saturated heterocycles. The molecule has 0 spiro atoms. The zero-order chi connectivity index (χ0) is 27.7. The minimum atomic E-state index is -0.466. The molecule has 2 aliphatic rings. The topological polar surface area (TPSA) is 93.8 Å². The number of amides is 3. The number of carbonyl (C=O) groups excluding carboxylic acids is 3. The number of benzene rings is 1. The van der Waals surface area contributed by atoms with Gasteiger partial charge in [0.2, 0.25) is 11.8 Å². The number of hydrazine groups is 1. The van der Waals surface area contributed by atoms with E-state index in [0.29, 0.717) is 43.7 Å². The van der Waals surface area contributed by atoms with Crippen LogP contribution in [0.25, 0.3) is 0 Å². The number of rotatable bonds is 10. The van der Waals surface area contributed by atoms with Crippen molar-refractivity contribution in [2.24, 2.45) is 5.92 Å². The summed E-state index contributed by atoms with van der Waals surface area (Å²) >= 11 is 6.03. The van der Waals surface area contributed by atoms with Gasteiger partial charge in [-0.2, -0.15) is 0 Å². The number of halogens is 1. The van der Waals surface area contributed by atoms with Gasteiger partial charge in [-0.25, -0.2) is 5.01 Å². The van der Waals surface area contributed by atoms with Gasteiger partial charge in [0.1, 0.15) is 0 Å². The summed E-state index contributed by atoms with van der Waals surface area (Å²) in [4.78, 5) is 40.3. The molecular weight excluding hydrogens is 502 g/mol. The van der Waals surface area contributed by atoms with E-state index in [9.17, 15) is 14.4 Å². The Morgan fingerprint density at radius 1 is 1.00 bits per heavy atom. The first-order chi connectivity index (χ1) is 18.0. The van der Waals surface area contributed by atoms with Crippen LogP contribution in [0, 0.1) is 5.92 Å². The molecule has 1 aliphatic carbocycles. The normalized spacial score (nSPS) is 18.6. The molecule has 2 fully saturated rings. The van der Waals surface area contributed by atoms with Crippen LogP contribution in [0.15, 0.2) is 24.3 Å². The summed E-state index contributed by atoms with van der Waals surface area (Å²) in [6.07, 6.45) is 7.83. The smallest absolute Gasteiger partial charge is 0.251 e. The van der Waals surface area contributed by atoms with Gasteiger partial charge in [-0.05, 0) is 70.6 Å². The van der Waals surface area contributed by atoms with Gasteiger partial charge < -0.3 is 15.5 Å². The monoisotopic (exact) mass is 547 g/mol. The standard InChI is InChI=1S/C29H46ClN5O3/c1-21(36)31-16-17-32-26(20-22-10-12-24(30)13-11-22)27(37)33-34-18-14-23(15-19-34)28(38)35(29(2,3)4)25-8-6-5-7-9-25/h10-13,23,25-26,32H,5-9,14-20H2,1-4H3,(H,31,36)(H,33,37)/t26-/m1/s1. The average Bonchev–Trinajstić information content (AvgIpc) is 2.87. The molecular formula is C29H46ClN5O3. The molecule has 0 bridgehead atoms. The van der Waals surface area contributed by atoms with Crippen LogP contribution in [0.1, 0.15) is 78.2 Å². The molecule has 1 saturated carbocycles. The number of hydrogen-bond acceptors (Lipinski definition) is 5. The lowest BCUT2D eigenvalue weighted by atomic mass is 9.87. The van der Waals surface area contributed by atoms with Crippen LogP contribution in [0.5, 0.6) is 0 Å². The number of hydrogen-bond donors (Lipinski definition) is 3. The second kappa shape index (κ2) is 14.3. The first-order valence-electron chi connectivity index (χ1n) is 14.2. The van der Waals surface area contributed by atoms with Gasteiger partial charge >= 0.3 is 0 Å². The zero-order valence-electron chi connectivity index (χ0n) is 23.5. The van der Waals surface area contributed by atoms with E-state index < -0.39 is 6.04 Å². The fraction of sp³-hybridized carbons (Fsp3) is 0.690. The van der Waals surface area contributed by atoms with E-state index in [-0.39, 0.29) is 29.2 Å². The van der Waals surface area contributed by atoms with E-state index in [1.165, 1.54) is 26.2 Å². The summed E-state index contributed by atoms with van der Waals surface area (Å²) < 4.78 is 0. The molecule has 3 rings (SSSR count). The highest BCUT2D eigenvalue weighted by Crippen LogP contribution is 2.31. The Morgan fingerprint density at radius 3 is 2.21 bits per heavy atom. The van der Waals surface area contributed by atoms with Gasteiger partial charge in [0.25, 0.3) is 5.91 Å². The summed E-state index contributed by atoms with van der Waals surface area (Å²) in [7, 11) is 0. The van der Waals surface area contributed by atoms with Crippen molar-refractivity contribution in [3.63, 3.8) is 0 Å². The minimum absolute atomic E-state index is 0.00931. The fourth-order valence-electron chi connectivity index (χ4n) is 5.66. The van der Waals surface area contributed by atoms with Gasteiger partial charge in [0.05, 0.1) is 6.04 Å². The van der Waals surface area contributed by atoms with Crippen LogP contribution in [0.2, 0.25) is 5.02 Å². The molecule has 1 aromatic rings. The van der Waals surface area contributed by atoms with E-state index in [1.54, 1.807) is 0 Å². The lowest BCUT2D eigenvalue weighted by Crippen LogP contribution is -2.57. The Bertz CT molecular complexity index is 919. The average molecular weight is 548 g/mol. The third-order valence-electron chi connectivity index (χ3n) is 7.57. The molecule has 0 unspecified atom stereocenters. The molecule has 9 heteroatoms. The van der Waals surface area contributed by atoms with Crippen molar-refractivity contribution >= 4 is 29.3 Å². The third kappa shape index (κ3) is 9.24. The number of carbonyl (C=O) groups is 3. The Balaban J connectivity index is 1.56. The quantitative estimate of drug-likeness (QED) is 0.389. The third-order valence-corrected chi connectivity index (χ3v) is 7.82. The van der Waals surface area contributed by atoms with Crippen LogP contribution in [0.3, 0.4) is 0 Å². The van der Waals surface area contributed by atoms with Gasteiger partial charge in [-0.3, -0.25) is 19.8 Å². The Hall–Kier alpha value is -2.16. The van der Waals surface area contributed by atoms with E-state index in [1.807, 2.05) is 29.3 Å². The van der Waals surface area contributed by atoms with Crippen molar-refractivity contribution in [3.05, 3.63) is 34.9 Å². The molecule has 0 aromatic heterocycles. The summed E-state index contributed by atoms with van der Waals surface area (Å²) in [5.74, 6) is 0.0445. The van der Waals surface area contributed by atoms with E-state index in [0.717, 1.165) is 31.2 Å². The van der Waals surface area contributed by atoms with Crippen LogP contribution < -0.4 is 16.1 Å². The zero-order valence-corrected chi connectivity index (χ0v) is 24.3. The second-order valence-electron chi connectivity index (χ2n) is 11.7. The highest BCUT2D eigenvalue weighted by atomic mass is 35.5. The first kappa shape index (κ1) is 30.4. The summed E-state index contributed by atoms with van der Waals surface area (Å²) in [6, 6.07) is 7.35. The number of nitrogens with zero attached hydrogens (tertiary/aromatic N) is 2. The predicted molar refractivity (Wildman–Crippen MR) is 152 cm³/mol. The van der Waals surface area contributed by atoms with Crippen molar-refractivity contribution < 1.29 is 14.4 Å². The van der Waals surface area contributed by atoms with Crippen molar-refractivity contribution in [2.75, 3.05) is 26.2 Å². The molecule has 38 heavy (non-hydrogen) atoms. The van der Waals surface area contributed by atoms with Crippen molar-refractivity contribution in [2.45, 2.75) is 96.7 Å². The largest absolute Gasteiger partial charge is 0.355 e. The van der Waals surface area contributed by atoms with E-state index in [2.05, 4.69) is 41.7 Å². The van der Waals surface area contributed by atoms with Gasteiger partial charge in [0.15, 0.2) is 0 Å². The molecule has 1 aromatic carbocycles. The van der Waals surface area contributed by atoms with Gasteiger partial charge in [0, 0.05) is 55.6 Å². The van der Waals surface area contributed by atoms with E-state index in [4.69, 9.17) is 11.6 Å². The lowest BCUT2D eigenvalue weighted by Gasteiger charge is -2.46. The van der Waals surface area contributed by atoms with Crippen LogP contribution in [-0.4, -0.2) is 71.4 Å². The molecule has 3 amide bonds. The SMILES string of the molecule is CC(=O)NCCN[C@H](Cc1ccc(Cl)cc1)C(=O)NN1CCC(C(=O)N(C2CCCCC2)C(C)(C)C)CC1. The van der Waals surface area contributed by atoms with Crippen molar-refractivity contribution in [1.29, 1.82) is 0 Å². The summed E-state index contributed by atoms with van der Waals surface area (Å²) in [5.41, 5.74) is 3.88. The molecule has 8 nitrogen and oxygen atoms in total. The highest BCUT2D eigenvalue weighted by molar-refractivity contribution is 6.30. The predicted octanol–water partition coefficient (Wildman–Crippen LogP) is 3.68. The maximum Gasteiger partial charge on any atom is 0.251 e. The van der Waals surface area contributed by atoms with Crippen LogP contribution in [0.4, 0.5) is 0 Å². The first-order valence-corrected chi connectivity index (χ1v) is 14.5. The summed E-state index contributed by atoms with van der Waals surface area (Å²) in [5, 5.41) is 8.62. The number of piperidine rings is 1. The highest BCUT2D eigenvalue weighted by Gasteiger charge is 2.38. The minimum Gasteiger partial charge on any atom is -0.355 e. The molecule has 1 aliphatic heterocycles. The van der Waals surface area contributed by atoms with Crippen molar-refractivity contribution in [1.82, 2.24) is 26.0 Å². The van der Waals surface area contributed by atoms with Gasteiger partial charge in [-0.1, -0.05) is 43.0 Å². The number of nitrogens with one attached hydrogen (secondary N) is 3. The van der Waals surface area contributed by atoms with Crippen LogP contribution >= 0.6 is 11.6 Å².